The molecular weight excluding hydrogens is 204 g/mol. The average Bonchev–Trinajstić information content (AvgIpc) is 2.80. The van der Waals surface area contributed by atoms with Crippen molar-refractivity contribution in [1.82, 2.24) is 4.98 Å². The average molecular weight is 216 g/mol. The molecule has 0 aliphatic heterocycles. The third kappa shape index (κ3) is 2.28. The molecule has 1 heterocycles. The molecule has 4 nitrogen and oxygen atoms in total. The molecule has 0 aliphatic carbocycles. The second-order valence-corrected chi connectivity index (χ2v) is 3.60. The van der Waals surface area contributed by atoms with Gasteiger partial charge in [0.15, 0.2) is 0 Å². The molecule has 0 saturated carbocycles. The molecule has 4 heteroatoms. The summed E-state index contributed by atoms with van der Waals surface area (Å²) in [4.78, 5) is 13.4. The van der Waals surface area contributed by atoms with Crippen molar-refractivity contribution in [2.75, 3.05) is 6.54 Å². The molecular formula is C12H12N2O2. The van der Waals surface area contributed by atoms with Crippen LogP contribution in [0.1, 0.15) is 17.2 Å². The summed E-state index contributed by atoms with van der Waals surface area (Å²) in [7, 11) is 0. The van der Waals surface area contributed by atoms with Crippen LogP contribution in [0, 0.1) is 10.1 Å². The molecule has 2 rings (SSSR count). The van der Waals surface area contributed by atoms with E-state index < -0.39 is 0 Å². The van der Waals surface area contributed by atoms with E-state index in [9.17, 15) is 10.1 Å². The van der Waals surface area contributed by atoms with Crippen LogP contribution < -0.4 is 0 Å². The van der Waals surface area contributed by atoms with Crippen LogP contribution in [0.3, 0.4) is 0 Å². The minimum atomic E-state index is -0.279. The van der Waals surface area contributed by atoms with Crippen LogP contribution in [-0.4, -0.2) is 16.5 Å². The third-order valence-corrected chi connectivity index (χ3v) is 2.53. The minimum absolute atomic E-state index is 0.0927. The van der Waals surface area contributed by atoms with E-state index in [-0.39, 0.29) is 17.4 Å². The first-order valence-electron chi connectivity index (χ1n) is 5.07. The lowest BCUT2D eigenvalue weighted by Gasteiger charge is -2.11. The van der Waals surface area contributed by atoms with Crippen LogP contribution in [-0.2, 0) is 0 Å². The highest BCUT2D eigenvalue weighted by atomic mass is 16.6. The van der Waals surface area contributed by atoms with Gasteiger partial charge in [0.2, 0.25) is 6.54 Å². The van der Waals surface area contributed by atoms with E-state index in [4.69, 9.17) is 0 Å². The van der Waals surface area contributed by atoms with Gasteiger partial charge < -0.3 is 4.98 Å². The van der Waals surface area contributed by atoms with Crippen LogP contribution in [0.15, 0.2) is 48.7 Å². The third-order valence-electron chi connectivity index (χ3n) is 2.53. The fraction of sp³-hybridized carbons (Fsp3) is 0.167. The molecule has 0 aliphatic rings. The predicted molar refractivity (Wildman–Crippen MR) is 60.9 cm³/mol. The molecule has 1 atom stereocenters. The Labute approximate surface area is 93.1 Å². The largest absolute Gasteiger partial charge is 0.364 e. The van der Waals surface area contributed by atoms with Crippen LogP contribution in [0.25, 0.3) is 0 Å². The van der Waals surface area contributed by atoms with Crippen molar-refractivity contribution in [2.45, 2.75) is 5.92 Å². The molecule has 0 radical (unpaired) electrons. The van der Waals surface area contributed by atoms with E-state index in [2.05, 4.69) is 4.98 Å². The number of benzene rings is 1. The van der Waals surface area contributed by atoms with Gasteiger partial charge in [0.05, 0.1) is 5.92 Å². The molecule has 0 spiro atoms. The zero-order valence-electron chi connectivity index (χ0n) is 8.67. The Morgan fingerprint density at radius 3 is 2.50 bits per heavy atom. The van der Waals surface area contributed by atoms with Gasteiger partial charge in [0, 0.05) is 16.8 Å². The molecule has 0 bridgehead atoms. The summed E-state index contributed by atoms with van der Waals surface area (Å²) in [5.74, 6) is -0.203. The topological polar surface area (TPSA) is 58.9 Å². The van der Waals surface area contributed by atoms with Crippen LogP contribution in [0.2, 0.25) is 0 Å². The Morgan fingerprint density at radius 1 is 1.19 bits per heavy atom. The maximum absolute atomic E-state index is 10.7. The quantitative estimate of drug-likeness (QED) is 0.630. The van der Waals surface area contributed by atoms with Crippen molar-refractivity contribution < 1.29 is 4.92 Å². The second-order valence-electron chi connectivity index (χ2n) is 3.60. The molecule has 1 aromatic carbocycles. The van der Waals surface area contributed by atoms with Gasteiger partial charge in [-0.05, 0) is 17.7 Å². The lowest BCUT2D eigenvalue weighted by atomic mass is 9.96. The van der Waals surface area contributed by atoms with Crippen molar-refractivity contribution in [3.05, 3.63) is 70.0 Å². The van der Waals surface area contributed by atoms with Crippen LogP contribution in [0.5, 0.6) is 0 Å². The maximum atomic E-state index is 10.7. The van der Waals surface area contributed by atoms with E-state index in [0.29, 0.717) is 0 Å². The van der Waals surface area contributed by atoms with Gasteiger partial charge in [-0.15, -0.1) is 0 Å². The summed E-state index contributed by atoms with van der Waals surface area (Å²) in [6, 6.07) is 13.2. The van der Waals surface area contributed by atoms with Gasteiger partial charge in [0.25, 0.3) is 0 Å². The number of aromatic amines is 1. The Bertz CT molecular complexity index is 451. The highest BCUT2D eigenvalue weighted by molar-refractivity contribution is 5.28. The maximum Gasteiger partial charge on any atom is 0.216 e. The van der Waals surface area contributed by atoms with E-state index in [1.807, 2.05) is 42.5 Å². The number of nitrogens with one attached hydrogen (secondary N) is 1. The first-order chi connectivity index (χ1) is 7.77. The number of aromatic nitrogens is 1. The first-order valence-corrected chi connectivity index (χ1v) is 5.07. The molecule has 1 aromatic heterocycles. The van der Waals surface area contributed by atoms with Gasteiger partial charge in [-0.2, -0.15) is 0 Å². The van der Waals surface area contributed by atoms with E-state index in [1.54, 1.807) is 6.20 Å². The molecule has 0 fully saturated rings. The van der Waals surface area contributed by atoms with Gasteiger partial charge in [-0.25, -0.2) is 0 Å². The smallest absolute Gasteiger partial charge is 0.216 e. The fourth-order valence-corrected chi connectivity index (χ4v) is 1.78. The van der Waals surface area contributed by atoms with Crippen molar-refractivity contribution >= 4 is 0 Å². The summed E-state index contributed by atoms with van der Waals surface area (Å²) in [5, 5.41) is 10.7. The number of nitrogens with zero attached hydrogens (tertiary/aromatic N) is 1. The van der Waals surface area contributed by atoms with Crippen molar-refractivity contribution in [2.24, 2.45) is 0 Å². The number of hydrogen-bond donors (Lipinski definition) is 1. The molecule has 1 N–H and O–H groups in total. The SMILES string of the molecule is O=[N+]([O-])C[C@@H](c1ccccc1)c1ccc[nH]1. The lowest BCUT2D eigenvalue weighted by molar-refractivity contribution is -0.481. The normalized spacial score (nSPS) is 12.2. The molecule has 0 unspecified atom stereocenters. The molecule has 0 saturated heterocycles. The summed E-state index contributed by atoms with van der Waals surface area (Å²) >= 11 is 0. The van der Waals surface area contributed by atoms with Crippen molar-refractivity contribution in [3.8, 4) is 0 Å². The zero-order chi connectivity index (χ0) is 11.4. The van der Waals surface area contributed by atoms with Gasteiger partial charge in [0.1, 0.15) is 0 Å². The lowest BCUT2D eigenvalue weighted by Crippen LogP contribution is -2.14. The van der Waals surface area contributed by atoms with Crippen LogP contribution in [0.4, 0.5) is 0 Å². The Morgan fingerprint density at radius 2 is 1.94 bits per heavy atom. The monoisotopic (exact) mass is 216 g/mol. The standard InChI is InChI=1S/C12H12N2O2/c15-14(16)9-11(12-7-4-8-13-12)10-5-2-1-3-6-10/h1-8,11,13H,9H2/t11-/m0/s1. The first kappa shape index (κ1) is 10.4. The van der Waals surface area contributed by atoms with Crippen LogP contribution >= 0.6 is 0 Å². The molecule has 82 valence electrons. The molecule has 0 amide bonds. The molecule has 2 aromatic rings. The number of rotatable bonds is 4. The number of nitro groups is 1. The summed E-state index contributed by atoms with van der Waals surface area (Å²) < 4.78 is 0. The molecule has 16 heavy (non-hydrogen) atoms. The highest BCUT2D eigenvalue weighted by Gasteiger charge is 2.20. The van der Waals surface area contributed by atoms with Crippen molar-refractivity contribution in [1.29, 1.82) is 0 Å². The summed E-state index contributed by atoms with van der Waals surface area (Å²) in [5.41, 5.74) is 1.84. The highest BCUT2D eigenvalue weighted by Crippen LogP contribution is 2.23. The zero-order valence-corrected chi connectivity index (χ0v) is 8.67. The van der Waals surface area contributed by atoms with Gasteiger partial charge >= 0.3 is 0 Å². The Balaban J connectivity index is 2.32. The second kappa shape index (κ2) is 4.61. The van der Waals surface area contributed by atoms with Crippen molar-refractivity contribution in [3.63, 3.8) is 0 Å². The van der Waals surface area contributed by atoms with E-state index in [0.717, 1.165) is 11.3 Å². The van der Waals surface area contributed by atoms with E-state index in [1.165, 1.54) is 0 Å². The summed E-state index contributed by atoms with van der Waals surface area (Å²) in [6.45, 7) is -0.0927. The summed E-state index contributed by atoms with van der Waals surface area (Å²) in [6.07, 6.45) is 1.78. The number of hydrogen-bond acceptors (Lipinski definition) is 2. The van der Waals surface area contributed by atoms with E-state index >= 15 is 0 Å². The Hall–Kier alpha value is -2.10. The predicted octanol–water partition coefficient (Wildman–Crippen LogP) is 2.42. The minimum Gasteiger partial charge on any atom is -0.364 e. The number of H-pyrrole nitrogens is 1. The fourth-order valence-electron chi connectivity index (χ4n) is 1.78. The Kier molecular flexibility index (Phi) is 3.00. The van der Waals surface area contributed by atoms with Gasteiger partial charge in [-0.3, -0.25) is 10.1 Å². The van der Waals surface area contributed by atoms with Gasteiger partial charge in [-0.1, -0.05) is 30.3 Å².